The summed E-state index contributed by atoms with van der Waals surface area (Å²) in [5, 5.41) is 9.06. The standard InChI is InChI=1S/C15H13FO3S/c1-19-12-4-6-13(7-5-12)20-9-10-2-3-11(16)8-14(10)15(17)18/h2-8H,9H2,1H3,(H,17,18). The molecular weight excluding hydrogens is 279 g/mol. The smallest absolute Gasteiger partial charge is 0.336 e. The Bertz CT molecular complexity index is 611. The second kappa shape index (κ2) is 6.43. The predicted molar refractivity (Wildman–Crippen MR) is 75.9 cm³/mol. The molecule has 2 aromatic rings. The van der Waals surface area contributed by atoms with E-state index < -0.39 is 11.8 Å². The Hall–Kier alpha value is -2.01. The molecule has 2 aromatic carbocycles. The Morgan fingerprint density at radius 1 is 1.25 bits per heavy atom. The lowest BCUT2D eigenvalue weighted by atomic mass is 10.1. The van der Waals surface area contributed by atoms with Gasteiger partial charge in [-0.2, -0.15) is 0 Å². The van der Waals surface area contributed by atoms with Crippen molar-refractivity contribution in [3.05, 3.63) is 59.4 Å². The maximum atomic E-state index is 13.1. The van der Waals surface area contributed by atoms with Gasteiger partial charge in [0, 0.05) is 10.6 Å². The van der Waals surface area contributed by atoms with Crippen molar-refractivity contribution in [2.45, 2.75) is 10.6 Å². The van der Waals surface area contributed by atoms with Crippen LogP contribution in [-0.2, 0) is 5.75 Å². The zero-order valence-electron chi connectivity index (χ0n) is 10.8. The van der Waals surface area contributed by atoms with E-state index in [-0.39, 0.29) is 5.56 Å². The van der Waals surface area contributed by atoms with Gasteiger partial charge in [0.2, 0.25) is 0 Å². The molecule has 20 heavy (non-hydrogen) atoms. The van der Waals surface area contributed by atoms with Crippen LogP contribution in [0.2, 0.25) is 0 Å². The van der Waals surface area contributed by atoms with Gasteiger partial charge in [0.25, 0.3) is 0 Å². The molecule has 0 heterocycles. The molecule has 0 saturated carbocycles. The summed E-state index contributed by atoms with van der Waals surface area (Å²) in [4.78, 5) is 12.1. The molecule has 3 nitrogen and oxygen atoms in total. The number of halogens is 1. The molecule has 104 valence electrons. The van der Waals surface area contributed by atoms with E-state index in [2.05, 4.69) is 0 Å². The summed E-state index contributed by atoms with van der Waals surface area (Å²) in [6, 6.07) is 11.3. The van der Waals surface area contributed by atoms with Gasteiger partial charge < -0.3 is 9.84 Å². The molecule has 0 spiro atoms. The van der Waals surface area contributed by atoms with Crippen molar-refractivity contribution in [2.75, 3.05) is 7.11 Å². The average molecular weight is 292 g/mol. The number of benzene rings is 2. The Morgan fingerprint density at radius 2 is 1.95 bits per heavy atom. The van der Waals surface area contributed by atoms with Crippen molar-refractivity contribution in [3.63, 3.8) is 0 Å². The van der Waals surface area contributed by atoms with Crippen LogP contribution in [0.5, 0.6) is 5.75 Å². The van der Waals surface area contributed by atoms with Crippen LogP contribution in [0.1, 0.15) is 15.9 Å². The molecule has 1 N–H and O–H groups in total. The van der Waals surface area contributed by atoms with Crippen LogP contribution in [0.3, 0.4) is 0 Å². The summed E-state index contributed by atoms with van der Waals surface area (Å²) < 4.78 is 18.1. The first-order valence-corrected chi connectivity index (χ1v) is 6.87. The number of carboxylic acid groups (broad SMARTS) is 1. The number of rotatable bonds is 5. The number of ether oxygens (including phenoxy) is 1. The molecule has 0 amide bonds. The highest BCUT2D eigenvalue weighted by molar-refractivity contribution is 7.98. The molecule has 0 aromatic heterocycles. The van der Waals surface area contributed by atoms with E-state index in [1.54, 1.807) is 7.11 Å². The second-order valence-corrected chi connectivity index (χ2v) is 5.12. The number of hydrogen-bond donors (Lipinski definition) is 1. The summed E-state index contributed by atoms with van der Waals surface area (Å²) in [5.41, 5.74) is 0.603. The first-order valence-electron chi connectivity index (χ1n) is 5.88. The molecular formula is C15H13FO3S. The Morgan fingerprint density at radius 3 is 2.55 bits per heavy atom. The first-order chi connectivity index (χ1) is 9.60. The molecule has 2 rings (SSSR count). The van der Waals surface area contributed by atoms with Gasteiger partial charge in [-0.25, -0.2) is 9.18 Å². The van der Waals surface area contributed by atoms with Crippen LogP contribution in [0.25, 0.3) is 0 Å². The topological polar surface area (TPSA) is 46.5 Å². The Kier molecular flexibility index (Phi) is 4.63. The number of aromatic carboxylic acids is 1. The van der Waals surface area contributed by atoms with E-state index in [0.717, 1.165) is 16.7 Å². The van der Waals surface area contributed by atoms with Crippen molar-refractivity contribution < 1.29 is 19.0 Å². The quantitative estimate of drug-likeness (QED) is 0.851. The van der Waals surface area contributed by atoms with Crippen LogP contribution in [0, 0.1) is 5.82 Å². The van der Waals surface area contributed by atoms with Crippen molar-refractivity contribution in [3.8, 4) is 5.75 Å². The van der Waals surface area contributed by atoms with Gasteiger partial charge in [0.05, 0.1) is 12.7 Å². The molecule has 0 unspecified atom stereocenters. The molecule has 0 fully saturated rings. The van der Waals surface area contributed by atoms with Gasteiger partial charge in [-0.1, -0.05) is 6.07 Å². The predicted octanol–water partition coefficient (Wildman–Crippen LogP) is 3.82. The number of thioether (sulfide) groups is 1. The molecule has 0 radical (unpaired) electrons. The lowest BCUT2D eigenvalue weighted by Gasteiger charge is -2.07. The summed E-state index contributed by atoms with van der Waals surface area (Å²) in [6.45, 7) is 0. The minimum Gasteiger partial charge on any atom is -0.497 e. The zero-order chi connectivity index (χ0) is 14.5. The largest absolute Gasteiger partial charge is 0.497 e. The highest BCUT2D eigenvalue weighted by atomic mass is 32.2. The fraction of sp³-hybridized carbons (Fsp3) is 0.133. The van der Waals surface area contributed by atoms with E-state index in [1.165, 1.54) is 23.9 Å². The van der Waals surface area contributed by atoms with E-state index in [9.17, 15) is 9.18 Å². The molecule has 0 saturated heterocycles. The summed E-state index contributed by atoms with van der Waals surface area (Å²) >= 11 is 1.49. The van der Waals surface area contributed by atoms with Gasteiger partial charge in [0.15, 0.2) is 0 Å². The summed E-state index contributed by atoms with van der Waals surface area (Å²) in [7, 11) is 1.60. The van der Waals surface area contributed by atoms with Crippen LogP contribution in [0.15, 0.2) is 47.4 Å². The van der Waals surface area contributed by atoms with Crippen molar-refractivity contribution in [1.82, 2.24) is 0 Å². The highest BCUT2D eigenvalue weighted by Crippen LogP contribution is 2.26. The van der Waals surface area contributed by atoms with Crippen LogP contribution in [-0.4, -0.2) is 18.2 Å². The fourth-order valence-corrected chi connectivity index (χ4v) is 2.61. The Balaban J connectivity index is 2.12. The van der Waals surface area contributed by atoms with Gasteiger partial charge in [-0.15, -0.1) is 11.8 Å². The highest BCUT2D eigenvalue weighted by Gasteiger charge is 2.11. The summed E-state index contributed by atoms with van der Waals surface area (Å²) in [5.74, 6) is -0.424. The Labute approximate surface area is 120 Å². The van der Waals surface area contributed by atoms with E-state index in [1.807, 2.05) is 24.3 Å². The minimum absolute atomic E-state index is 0.00557. The number of methoxy groups -OCH3 is 1. The SMILES string of the molecule is COc1ccc(SCc2ccc(F)cc2C(=O)O)cc1. The van der Waals surface area contributed by atoms with Gasteiger partial charge >= 0.3 is 5.97 Å². The minimum atomic E-state index is -1.12. The number of carboxylic acids is 1. The first kappa shape index (κ1) is 14.4. The van der Waals surface area contributed by atoms with E-state index in [0.29, 0.717) is 11.3 Å². The van der Waals surface area contributed by atoms with Crippen molar-refractivity contribution >= 4 is 17.7 Å². The third-order valence-electron chi connectivity index (χ3n) is 2.76. The third-order valence-corrected chi connectivity index (χ3v) is 3.82. The maximum absolute atomic E-state index is 13.1. The van der Waals surface area contributed by atoms with Gasteiger partial charge in [0.1, 0.15) is 11.6 Å². The molecule has 0 aliphatic heterocycles. The average Bonchev–Trinajstić information content (AvgIpc) is 2.46. The van der Waals surface area contributed by atoms with Crippen LogP contribution >= 0.6 is 11.8 Å². The normalized spacial score (nSPS) is 10.3. The lowest BCUT2D eigenvalue weighted by Crippen LogP contribution is -2.02. The molecule has 0 aliphatic carbocycles. The van der Waals surface area contributed by atoms with E-state index in [4.69, 9.17) is 9.84 Å². The summed E-state index contributed by atoms with van der Waals surface area (Å²) in [6.07, 6.45) is 0. The lowest BCUT2D eigenvalue weighted by molar-refractivity contribution is 0.0695. The molecule has 0 bridgehead atoms. The van der Waals surface area contributed by atoms with Gasteiger partial charge in [-0.05, 0) is 42.0 Å². The molecule has 0 atom stereocenters. The fourth-order valence-electron chi connectivity index (χ4n) is 1.71. The van der Waals surface area contributed by atoms with E-state index >= 15 is 0 Å². The second-order valence-electron chi connectivity index (χ2n) is 4.07. The third kappa shape index (κ3) is 3.51. The monoisotopic (exact) mass is 292 g/mol. The zero-order valence-corrected chi connectivity index (χ0v) is 11.6. The molecule has 5 heteroatoms. The van der Waals surface area contributed by atoms with Crippen LogP contribution < -0.4 is 4.74 Å². The van der Waals surface area contributed by atoms with Crippen molar-refractivity contribution in [2.24, 2.45) is 0 Å². The number of carbonyl (C=O) groups is 1. The van der Waals surface area contributed by atoms with Crippen LogP contribution in [0.4, 0.5) is 4.39 Å². The number of hydrogen-bond acceptors (Lipinski definition) is 3. The van der Waals surface area contributed by atoms with Gasteiger partial charge in [-0.3, -0.25) is 0 Å². The molecule has 0 aliphatic rings. The van der Waals surface area contributed by atoms with Crippen molar-refractivity contribution in [1.29, 1.82) is 0 Å². The maximum Gasteiger partial charge on any atom is 0.336 e.